The molecule has 1 saturated heterocycles. The summed E-state index contributed by atoms with van der Waals surface area (Å²) in [4.78, 5) is 25.9. The fraction of sp³-hybridized carbons (Fsp3) is 0.867. The molecule has 1 aliphatic heterocycles. The van der Waals surface area contributed by atoms with Crippen molar-refractivity contribution in [3.05, 3.63) is 0 Å². The molecular formula is C15H26BrNO3. The van der Waals surface area contributed by atoms with Gasteiger partial charge in [-0.3, -0.25) is 4.79 Å². The van der Waals surface area contributed by atoms with E-state index in [9.17, 15) is 9.59 Å². The fourth-order valence-corrected chi connectivity index (χ4v) is 3.33. The number of halogens is 1. The summed E-state index contributed by atoms with van der Waals surface area (Å²) in [7, 11) is 0. The van der Waals surface area contributed by atoms with Gasteiger partial charge >= 0.3 is 6.09 Å². The molecular weight excluding hydrogens is 322 g/mol. The lowest BCUT2D eigenvalue weighted by Crippen LogP contribution is -2.44. The Labute approximate surface area is 130 Å². The first-order chi connectivity index (χ1) is 9.38. The Kier molecular flexibility index (Phi) is 7.00. The largest absolute Gasteiger partial charge is 0.447 e. The van der Waals surface area contributed by atoms with Crippen LogP contribution < -0.4 is 0 Å². The second-order valence-electron chi connectivity index (χ2n) is 5.97. The predicted molar refractivity (Wildman–Crippen MR) is 82.8 cm³/mol. The topological polar surface area (TPSA) is 46.6 Å². The molecule has 1 fully saturated rings. The molecule has 20 heavy (non-hydrogen) atoms. The van der Waals surface area contributed by atoms with Crippen molar-refractivity contribution in [1.82, 2.24) is 4.90 Å². The van der Waals surface area contributed by atoms with Crippen molar-refractivity contribution in [2.75, 3.05) is 6.61 Å². The van der Waals surface area contributed by atoms with Crippen molar-refractivity contribution >= 4 is 27.9 Å². The lowest BCUT2D eigenvalue weighted by Gasteiger charge is -2.26. The summed E-state index contributed by atoms with van der Waals surface area (Å²) in [5.41, 5.74) is 0. The van der Waals surface area contributed by atoms with E-state index < -0.39 is 6.09 Å². The molecule has 1 heterocycles. The summed E-state index contributed by atoms with van der Waals surface area (Å²) in [6, 6.07) is -0.123. The maximum Gasteiger partial charge on any atom is 0.416 e. The van der Waals surface area contributed by atoms with Gasteiger partial charge in [0.1, 0.15) is 6.61 Å². The van der Waals surface area contributed by atoms with E-state index in [1.807, 2.05) is 20.8 Å². The molecule has 2 amide bonds. The van der Waals surface area contributed by atoms with Crippen LogP contribution in [0.25, 0.3) is 0 Å². The number of alkyl halides is 1. The van der Waals surface area contributed by atoms with E-state index in [1.165, 1.54) is 4.90 Å². The molecule has 1 aliphatic rings. The van der Waals surface area contributed by atoms with Gasteiger partial charge in [-0.25, -0.2) is 9.69 Å². The zero-order valence-electron chi connectivity index (χ0n) is 12.9. The lowest BCUT2D eigenvalue weighted by atomic mass is 9.98. The molecule has 0 radical (unpaired) electrons. The SMILES string of the molecule is CCCCC(Br)C[C@@H](C)C(=O)N1C(=O)OC[C@@H]1C(C)C. The number of cyclic esters (lactones) is 1. The normalized spacial score (nSPS) is 22.0. The zero-order valence-corrected chi connectivity index (χ0v) is 14.5. The number of carbonyl (C=O) groups excluding carboxylic acids is 2. The molecule has 116 valence electrons. The molecule has 1 unspecified atom stereocenters. The maximum atomic E-state index is 12.5. The predicted octanol–water partition coefficient (Wildman–Crippen LogP) is 3.97. The van der Waals surface area contributed by atoms with E-state index in [2.05, 4.69) is 22.9 Å². The van der Waals surface area contributed by atoms with Crippen LogP contribution in [-0.4, -0.2) is 34.4 Å². The average Bonchev–Trinajstić information content (AvgIpc) is 2.77. The van der Waals surface area contributed by atoms with Crippen LogP contribution in [0.5, 0.6) is 0 Å². The van der Waals surface area contributed by atoms with Gasteiger partial charge in [-0.15, -0.1) is 0 Å². The van der Waals surface area contributed by atoms with Gasteiger partial charge in [0.15, 0.2) is 0 Å². The number of carbonyl (C=O) groups is 2. The first kappa shape index (κ1) is 17.5. The smallest absolute Gasteiger partial charge is 0.416 e. The summed E-state index contributed by atoms with van der Waals surface area (Å²) in [6.07, 6.45) is 3.63. The van der Waals surface area contributed by atoms with Gasteiger partial charge in [-0.05, 0) is 18.8 Å². The van der Waals surface area contributed by atoms with E-state index >= 15 is 0 Å². The summed E-state index contributed by atoms with van der Waals surface area (Å²) in [5, 5.41) is 0. The number of rotatable bonds is 7. The van der Waals surface area contributed by atoms with Crippen LogP contribution in [0.2, 0.25) is 0 Å². The second-order valence-corrected chi connectivity index (χ2v) is 7.27. The Morgan fingerprint density at radius 3 is 2.65 bits per heavy atom. The summed E-state index contributed by atoms with van der Waals surface area (Å²) < 4.78 is 5.04. The van der Waals surface area contributed by atoms with E-state index in [-0.39, 0.29) is 23.8 Å². The molecule has 3 atom stereocenters. The quantitative estimate of drug-likeness (QED) is 0.654. The van der Waals surface area contributed by atoms with Gasteiger partial charge in [0.05, 0.1) is 6.04 Å². The third kappa shape index (κ3) is 4.47. The van der Waals surface area contributed by atoms with Gasteiger partial charge in [-0.2, -0.15) is 0 Å². The number of ether oxygens (including phenoxy) is 1. The molecule has 0 spiro atoms. The van der Waals surface area contributed by atoms with Crippen LogP contribution in [0.4, 0.5) is 4.79 Å². The van der Waals surface area contributed by atoms with Crippen molar-refractivity contribution in [2.24, 2.45) is 11.8 Å². The first-order valence-corrected chi connectivity index (χ1v) is 8.43. The first-order valence-electron chi connectivity index (χ1n) is 7.52. The van der Waals surface area contributed by atoms with Gasteiger partial charge < -0.3 is 4.74 Å². The standard InChI is InChI=1S/C15H26BrNO3/c1-5-6-7-12(16)8-11(4)14(18)17-13(10(2)3)9-20-15(17)19/h10-13H,5-9H2,1-4H3/t11-,12?,13-/m1/s1. The van der Waals surface area contributed by atoms with E-state index in [1.54, 1.807) is 0 Å². The Balaban J connectivity index is 2.60. The zero-order chi connectivity index (χ0) is 15.3. The van der Waals surface area contributed by atoms with Crippen LogP contribution in [0.15, 0.2) is 0 Å². The third-order valence-electron chi connectivity index (χ3n) is 3.81. The minimum absolute atomic E-state index is 0.104. The van der Waals surface area contributed by atoms with Crippen LogP contribution in [0, 0.1) is 11.8 Å². The monoisotopic (exact) mass is 347 g/mol. The van der Waals surface area contributed by atoms with Crippen LogP contribution >= 0.6 is 15.9 Å². The Bertz CT molecular complexity index is 346. The fourth-order valence-electron chi connectivity index (χ4n) is 2.45. The molecule has 0 aromatic rings. The highest BCUT2D eigenvalue weighted by Gasteiger charge is 2.41. The Morgan fingerprint density at radius 2 is 2.10 bits per heavy atom. The minimum Gasteiger partial charge on any atom is -0.447 e. The Morgan fingerprint density at radius 1 is 1.45 bits per heavy atom. The number of hydrogen-bond donors (Lipinski definition) is 0. The highest BCUT2D eigenvalue weighted by molar-refractivity contribution is 9.09. The molecule has 4 nitrogen and oxygen atoms in total. The third-order valence-corrected chi connectivity index (χ3v) is 4.65. The van der Waals surface area contributed by atoms with Crippen molar-refractivity contribution in [1.29, 1.82) is 0 Å². The molecule has 0 N–H and O–H groups in total. The minimum atomic E-state index is -0.486. The van der Waals surface area contributed by atoms with Crippen molar-refractivity contribution in [3.63, 3.8) is 0 Å². The molecule has 0 saturated carbocycles. The van der Waals surface area contributed by atoms with Crippen molar-refractivity contribution < 1.29 is 14.3 Å². The number of imide groups is 1. The summed E-state index contributed by atoms with van der Waals surface area (Å²) >= 11 is 3.63. The van der Waals surface area contributed by atoms with Crippen LogP contribution in [0.3, 0.4) is 0 Å². The van der Waals surface area contributed by atoms with Gasteiger partial charge in [0.25, 0.3) is 0 Å². The van der Waals surface area contributed by atoms with Crippen molar-refractivity contribution in [3.8, 4) is 0 Å². The Hall–Kier alpha value is -0.580. The van der Waals surface area contributed by atoms with Gasteiger partial charge in [-0.1, -0.05) is 56.5 Å². The van der Waals surface area contributed by atoms with E-state index in [0.717, 1.165) is 25.7 Å². The molecule has 0 bridgehead atoms. The summed E-state index contributed by atoms with van der Waals surface area (Å²) in [6.45, 7) is 8.38. The number of hydrogen-bond acceptors (Lipinski definition) is 3. The number of unbranched alkanes of at least 4 members (excludes halogenated alkanes) is 1. The van der Waals surface area contributed by atoms with Crippen molar-refractivity contribution in [2.45, 2.75) is 64.2 Å². The van der Waals surface area contributed by atoms with Crippen LogP contribution in [0.1, 0.15) is 53.4 Å². The average molecular weight is 348 g/mol. The number of amides is 2. The van der Waals surface area contributed by atoms with E-state index in [4.69, 9.17) is 4.74 Å². The molecule has 0 aromatic heterocycles. The molecule has 0 aliphatic carbocycles. The highest BCUT2D eigenvalue weighted by atomic mass is 79.9. The van der Waals surface area contributed by atoms with Crippen LogP contribution in [-0.2, 0) is 9.53 Å². The maximum absolute atomic E-state index is 12.5. The van der Waals surface area contributed by atoms with Gasteiger partial charge in [0.2, 0.25) is 5.91 Å². The lowest BCUT2D eigenvalue weighted by molar-refractivity contribution is -0.133. The number of nitrogens with zero attached hydrogens (tertiary/aromatic N) is 1. The van der Waals surface area contributed by atoms with E-state index in [0.29, 0.717) is 11.4 Å². The van der Waals surface area contributed by atoms with Gasteiger partial charge in [0, 0.05) is 10.7 Å². The molecule has 5 heteroatoms. The molecule has 0 aromatic carbocycles. The highest BCUT2D eigenvalue weighted by Crippen LogP contribution is 2.25. The molecule has 1 rings (SSSR count). The summed E-state index contributed by atoms with van der Waals surface area (Å²) in [5.74, 6) is -0.0484. The second kappa shape index (κ2) is 8.01.